The number of carbonyl (C=O) groups excluding carboxylic acids is 1. The molecule has 1 aromatic carbocycles. The predicted octanol–water partition coefficient (Wildman–Crippen LogP) is 2.66. The van der Waals surface area contributed by atoms with Gasteiger partial charge in [0.1, 0.15) is 12.4 Å². The minimum Gasteiger partial charge on any atom is -0.330 e. The Morgan fingerprint density at radius 3 is 2.74 bits per heavy atom. The lowest BCUT2D eigenvalue weighted by Crippen LogP contribution is -2.45. The molecule has 0 aliphatic carbocycles. The van der Waals surface area contributed by atoms with Gasteiger partial charge in [-0.25, -0.2) is 4.98 Å². The highest BCUT2D eigenvalue weighted by Gasteiger charge is 2.45. The van der Waals surface area contributed by atoms with E-state index in [0.29, 0.717) is 18.7 Å². The Kier molecular flexibility index (Phi) is 2.61. The first kappa shape index (κ1) is 13.8. The van der Waals surface area contributed by atoms with Crippen LogP contribution >= 0.6 is 0 Å². The summed E-state index contributed by atoms with van der Waals surface area (Å²) in [7, 11) is 0. The van der Waals surface area contributed by atoms with Crippen LogP contribution in [0.5, 0.6) is 0 Å². The molecule has 1 amide bonds. The van der Waals surface area contributed by atoms with E-state index in [0.717, 1.165) is 6.07 Å². The van der Waals surface area contributed by atoms with Gasteiger partial charge in [0.05, 0.1) is 28.6 Å². The fourth-order valence-electron chi connectivity index (χ4n) is 3.21. The van der Waals surface area contributed by atoms with E-state index in [2.05, 4.69) is 4.98 Å². The second kappa shape index (κ2) is 4.35. The molecule has 0 radical (unpaired) electrons. The fourth-order valence-corrected chi connectivity index (χ4v) is 3.21. The van der Waals surface area contributed by atoms with Gasteiger partial charge in [-0.2, -0.15) is 18.4 Å². The summed E-state index contributed by atoms with van der Waals surface area (Å²) in [6, 6.07) is 5.14. The molecule has 0 saturated carbocycles. The number of imidazole rings is 1. The minimum absolute atomic E-state index is 0.114. The van der Waals surface area contributed by atoms with Gasteiger partial charge in [0.2, 0.25) is 0 Å². The van der Waals surface area contributed by atoms with Crippen molar-refractivity contribution in [2.24, 2.45) is 0 Å². The summed E-state index contributed by atoms with van der Waals surface area (Å²) in [4.78, 5) is 18.0. The number of nitrogens with zero attached hydrogens (tertiary/aromatic N) is 4. The number of carbonyl (C=O) groups is 1. The van der Waals surface area contributed by atoms with Crippen LogP contribution < -0.4 is 0 Å². The molecule has 2 aromatic rings. The van der Waals surface area contributed by atoms with Crippen LogP contribution in [0.3, 0.4) is 0 Å². The molecule has 2 aliphatic rings. The van der Waals surface area contributed by atoms with E-state index in [1.54, 1.807) is 0 Å². The number of benzene rings is 1. The van der Waals surface area contributed by atoms with Gasteiger partial charge >= 0.3 is 6.18 Å². The van der Waals surface area contributed by atoms with E-state index in [1.807, 2.05) is 6.07 Å². The third-order valence-electron chi connectivity index (χ3n) is 4.33. The largest absolute Gasteiger partial charge is 0.417 e. The van der Waals surface area contributed by atoms with Crippen LogP contribution in [0.2, 0.25) is 0 Å². The molecule has 5 nitrogen and oxygen atoms in total. The van der Waals surface area contributed by atoms with Crippen molar-refractivity contribution in [1.29, 1.82) is 5.26 Å². The molecule has 1 atom stereocenters. The maximum atomic E-state index is 13.3. The fraction of sp³-hybridized carbons (Fsp3) is 0.267. The SMILES string of the molecule is N#Cc1ncn2c1[C@@H]1CCN1C(=O)c1c-2cccc1C(F)(F)F. The van der Waals surface area contributed by atoms with E-state index >= 15 is 0 Å². The molecule has 1 saturated heterocycles. The second-order valence-corrected chi connectivity index (χ2v) is 5.46. The summed E-state index contributed by atoms with van der Waals surface area (Å²) in [5, 5.41) is 9.19. The number of halogens is 3. The highest BCUT2D eigenvalue weighted by molar-refractivity contribution is 6.01. The van der Waals surface area contributed by atoms with Crippen molar-refractivity contribution >= 4 is 5.91 Å². The second-order valence-electron chi connectivity index (χ2n) is 5.46. The predicted molar refractivity (Wildman–Crippen MR) is 71.7 cm³/mol. The zero-order valence-corrected chi connectivity index (χ0v) is 11.6. The normalized spacial score (nSPS) is 19.1. The van der Waals surface area contributed by atoms with Crippen LogP contribution in [-0.2, 0) is 6.18 Å². The number of hydrogen-bond donors (Lipinski definition) is 0. The molecule has 1 aromatic heterocycles. The molecule has 3 heterocycles. The van der Waals surface area contributed by atoms with Crippen LogP contribution in [-0.4, -0.2) is 26.9 Å². The minimum atomic E-state index is -4.63. The highest BCUT2D eigenvalue weighted by Crippen LogP contribution is 2.44. The number of amides is 1. The summed E-state index contributed by atoms with van der Waals surface area (Å²) in [6.07, 6.45) is -2.73. The maximum Gasteiger partial charge on any atom is 0.417 e. The quantitative estimate of drug-likeness (QED) is 0.750. The Labute approximate surface area is 128 Å². The van der Waals surface area contributed by atoms with Gasteiger partial charge in [0.15, 0.2) is 5.69 Å². The molecule has 116 valence electrons. The zero-order chi connectivity index (χ0) is 16.4. The van der Waals surface area contributed by atoms with Crippen molar-refractivity contribution in [3.8, 4) is 11.8 Å². The van der Waals surface area contributed by atoms with Crippen molar-refractivity contribution in [3.63, 3.8) is 0 Å². The van der Waals surface area contributed by atoms with Gasteiger partial charge in [-0.05, 0) is 18.6 Å². The monoisotopic (exact) mass is 318 g/mol. The van der Waals surface area contributed by atoms with Crippen LogP contribution in [0, 0.1) is 11.3 Å². The van der Waals surface area contributed by atoms with Gasteiger partial charge in [-0.3, -0.25) is 9.36 Å². The van der Waals surface area contributed by atoms with E-state index in [4.69, 9.17) is 0 Å². The number of rotatable bonds is 0. The summed E-state index contributed by atoms with van der Waals surface area (Å²) >= 11 is 0. The molecule has 23 heavy (non-hydrogen) atoms. The molecule has 1 fully saturated rings. The Bertz CT molecular complexity index is 878. The van der Waals surface area contributed by atoms with E-state index < -0.39 is 23.7 Å². The first-order chi connectivity index (χ1) is 10.9. The lowest BCUT2D eigenvalue weighted by molar-refractivity contribution is -0.138. The summed E-state index contributed by atoms with van der Waals surface area (Å²) in [6.45, 7) is 0.366. The van der Waals surface area contributed by atoms with Gasteiger partial charge in [0, 0.05) is 6.54 Å². The van der Waals surface area contributed by atoms with Crippen LogP contribution in [0.25, 0.3) is 5.69 Å². The molecule has 0 bridgehead atoms. The maximum absolute atomic E-state index is 13.3. The molecule has 0 unspecified atom stereocenters. The van der Waals surface area contributed by atoms with Gasteiger partial charge < -0.3 is 4.90 Å². The number of nitriles is 1. The highest BCUT2D eigenvalue weighted by atomic mass is 19.4. The van der Waals surface area contributed by atoms with Crippen LogP contribution in [0.1, 0.15) is 39.8 Å². The average molecular weight is 318 g/mol. The van der Waals surface area contributed by atoms with Crippen LogP contribution in [0.4, 0.5) is 13.2 Å². The number of alkyl halides is 3. The zero-order valence-electron chi connectivity index (χ0n) is 11.6. The Hall–Kier alpha value is -2.82. The van der Waals surface area contributed by atoms with E-state index in [-0.39, 0.29) is 16.9 Å². The third-order valence-corrected chi connectivity index (χ3v) is 4.33. The first-order valence-corrected chi connectivity index (χ1v) is 6.92. The van der Waals surface area contributed by atoms with Crippen molar-refractivity contribution in [1.82, 2.24) is 14.5 Å². The Balaban J connectivity index is 2.07. The lowest BCUT2D eigenvalue weighted by Gasteiger charge is -2.39. The number of hydrogen-bond acceptors (Lipinski definition) is 3. The van der Waals surface area contributed by atoms with Crippen LogP contribution in [0.15, 0.2) is 24.5 Å². The lowest BCUT2D eigenvalue weighted by atomic mass is 9.97. The Morgan fingerprint density at radius 2 is 2.13 bits per heavy atom. The van der Waals surface area contributed by atoms with Gasteiger partial charge in [-0.15, -0.1) is 0 Å². The summed E-state index contributed by atoms with van der Waals surface area (Å²) in [5.41, 5.74) is -0.623. The molecule has 0 spiro atoms. The van der Waals surface area contributed by atoms with Crippen molar-refractivity contribution < 1.29 is 18.0 Å². The van der Waals surface area contributed by atoms with Crippen molar-refractivity contribution in [2.75, 3.05) is 6.54 Å². The molecule has 0 N–H and O–H groups in total. The average Bonchev–Trinajstić information content (AvgIpc) is 2.85. The molecule has 8 heteroatoms. The van der Waals surface area contributed by atoms with Gasteiger partial charge in [-0.1, -0.05) is 6.07 Å². The molecule has 2 aliphatic heterocycles. The van der Waals surface area contributed by atoms with E-state index in [1.165, 1.54) is 27.9 Å². The summed E-state index contributed by atoms with van der Waals surface area (Å²) in [5.74, 6) is -0.656. The number of aromatic nitrogens is 2. The first-order valence-electron chi connectivity index (χ1n) is 6.92. The smallest absolute Gasteiger partial charge is 0.330 e. The molecular formula is C15H9F3N4O. The number of fused-ring (bicyclic) bond motifs is 5. The topological polar surface area (TPSA) is 61.9 Å². The van der Waals surface area contributed by atoms with Crippen molar-refractivity contribution in [2.45, 2.75) is 18.6 Å². The Morgan fingerprint density at radius 1 is 1.35 bits per heavy atom. The standard InChI is InChI=1S/C15H9F3N4O/c16-15(17,18)8-2-1-3-10-12(8)14(23)21-5-4-11(21)13-9(6-19)20-7-22(10)13/h1-3,7,11H,4-5H2/t11-/m0/s1. The molecular weight excluding hydrogens is 309 g/mol. The summed E-state index contributed by atoms with van der Waals surface area (Å²) < 4.78 is 41.4. The van der Waals surface area contributed by atoms with Gasteiger partial charge in [0.25, 0.3) is 5.91 Å². The van der Waals surface area contributed by atoms with Crippen molar-refractivity contribution in [3.05, 3.63) is 47.0 Å². The third kappa shape index (κ3) is 1.73. The van der Waals surface area contributed by atoms with E-state index in [9.17, 15) is 23.2 Å². The molecule has 4 rings (SSSR count).